The molecule has 122 valence electrons. The number of hydrogen-bond acceptors (Lipinski definition) is 3. The van der Waals surface area contributed by atoms with E-state index in [1.807, 2.05) is 18.2 Å². The van der Waals surface area contributed by atoms with Crippen LogP contribution in [0.4, 0.5) is 0 Å². The second-order valence-electron chi connectivity index (χ2n) is 5.71. The quantitative estimate of drug-likeness (QED) is 0.912. The maximum Gasteiger partial charge on any atom is 0.226 e. The van der Waals surface area contributed by atoms with E-state index in [2.05, 4.69) is 10.2 Å². The van der Waals surface area contributed by atoms with Crippen molar-refractivity contribution in [1.29, 1.82) is 0 Å². The highest BCUT2D eigenvalue weighted by molar-refractivity contribution is 6.32. The number of rotatable bonds is 4. The third kappa shape index (κ3) is 3.86. The van der Waals surface area contributed by atoms with E-state index in [0.717, 1.165) is 32.4 Å². The average molecular weight is 345 g/mol. The van der Waals surface area contributed by atoms with E-state index in [1.165, 1.54) is 0 Å². The first-order valence-corrected chi connectivity index (χ1v) is 8.02. The Morgan fingerprint density at radius 2 is 2.05 bits per heavy atom. The minimum atomic E-state index is 0. The molecule has 2 bridgehead atoms. The number of amides is 1. The van der Waals surface area contributed by atoms with Gasteiger partial charge in [0.15, 0.2) is 0 Å². The smallest absolute Gasteiger partial charge is 0.226 e. The van der Waals surface area contributed by atoms with E-state index in [9.17, 15) is 4.79 Å². The lowest BCUT2D eigenvalue weighted by Gasteiger charge is -2.28. The van der Waals surface area contributed by atoms with Crippen molar-refractivity contribution in [3.8, 4) is 5.75 Å². The van der Waals surface area contributed by atoms with Gasteiger partial charge in [-0.3, -0.25) is 4.79 Å². The number of nitrogens with zero attached hydrogens (tertiary/aromatic N) is 1. The summed E-state index contributed by atoms with van der Waals surface area (Å²) in [7, 11) is 0. The molecule has 1 amide bonds. The Morgan fingerprint density at radius 1 is 1.27 bits per heavy atom. The van der Waals surface area contributed by atoms with Gasteiger partial charge in [0, 0.05) is 18.6 Å². The van der Waals surface area contributed by atoms with Crippen molar-refractivity contribution in [1.82, 2.24) is 10.2 Å². The Balaban J connectivity index is 0.00000176. The van der Waals surface area contributed by atoms with Gasteiger partial charge in [-0.25, -0.2) is 0 Å². The summed E-state index contributed by atoms with van der Waals surface area (Å²) < 4.78 is 5.63. The number of benzene rings is 1. The van der Waals surface area contributed by atoms with E-state index in [1.54, 1.807) is 6.07 Å². The minimum absolute atomic E-state index is 0. The number of nitrogens with one attached hydrogen (secondary N) is 1. The molecule has 2 aliphatic heterocycles. The number of hydrogen-bond donors (Lipinski definition) is 1. The highest BCUT2D eigenvalue weighted by atomic mass is 35.5. The molecule has 2 atom stereocenters. The van der Waals surface area contributed by atoms with Crippen molar-refractivity contribution in [2.45, 2.75) is 37.8 Å². The van der Waals surface area contributed by atoms with Crippen LogP contribution in [0.1, 0.15) is 25.7 Å². The average Bonchev–Trinajstić information content (AvgIpc) is 2.74. The van der Waals surface area contributed by atoms with Gasteiger partial charge in [-0.1, -0.05) is 23.7 Å². The maximum atomic E-state index is 12.5. The predicted molar refractivity (Wildman–Crippen MR) is 90.0 cm³/mol. The molecular formula is C16H22Cl2N2O2. The van der Waals surface area contributed by atoms with Crippen LogP contribution in [0.3, 0.4) is 0 Å². The lowest BCUT2D eigenvalue weighted by molar-refractivity contribution is -0.134. The molecule has 0 aromatic heterocycles. The molecular weight excluding hydrogens is 323 g/mol. The standard InChI is InChI=1S/C16H21ClN2O2.ClH/c17-14-3-1-2-4-15(14)21-10-8-16(20)19-12-5-6-13(19)11-18-9-7-12;/h1-4,12-13,18H,5-11H2;1H. The van der Waals surface area contributed by atoms with Crippen molar-refractivity contribution in [2.75, 3.05) is 19.7 Å². The number of para-hydroxylation sites is 1. The predicted octanol–water partition coefficient (Wildman–Crippen LogP) is 2.88. The zero-order valence-corrected chi connectivity index (χ0v) is 14.0. The summed E-state index contributed by atoms with van der Waals surface area (Å²) in [5, 5.41) is 4.00. The van der Waals surface area contributed by atoms with Gasteiger partial charge in [-0.2, -0.15) is 0 Å². The van der Waals surface area contributed by atoms with E-state index in [0.29, 0.717) is 35.9 Å². The summed E-state index contributed by atoms with van der Waals surface area (Å²) in [6, 6.07) is 8.14. The fourth-order valence-corrected chi connectivity index (χ4v) is 3.52. The normalized spacial score (nSPS) is 23.6. The molecule has 2 fully saturated rings. The number of halogens is 2. The Morgan fingerprint density at radius 3 is 2.86 bits per heavy atom. The molecule has 1 N–H and O–H groups in total. The van der Waals surface area contributed by atoms with Crippen LogP contribution < -0.4 is 10.1 Å². The molecule has 6 heteroatoms. The molecule has 1 aromatic rings. The number of carbonyl (C=O) groups excluding carboxylic acids is 1. The van der Waals surface area contributed by atoms with Crippen LogP contribution in [0.25, 0.3) is 0 Å². The highest BCUT2D eigenvalue weighted by Gasteiger charge is 2.37. The second kappa shape index (κ2) is 8.04. The van der Waals surface area contributed by atoms with Gasteiger partial charge < -0.3 is 15.0 Å². The number of carbonyl (C=O) groups is 1. The monoisotopic (exact) mass is 344 g/mol. The van der Waals surface area contributed by atoms with Crippen LogP contribution in [0.15, 0.2) is 24.3 Å². The molecule has 2 aliphatic rings. The Labute approximate surface area is 142 Å². The van der Waals surface area contributed by atoms with Gasteiger partial charge in [0.05, 0.1) is 18.1 Å². The third-order valence-corrected chi connectivity index (χ3v) is 4.66. The first-order valence-electron chi connectivity index (χ1n) is 7.65. The van der Waals surface area contributed by atoms with Crippen molar-refractivity contribution < 1.29 is 9.53 Å². The molecule has 1 aromatic carbocycles. The lowest BCUT2D eigenvalue weighted by Crippen LogP contribution is -2.42. The topological polar surface area (TPSA) is 41.6 Å². The van der Waals surface area contributed by atoms with Crippen molar-refractivity contribution in [3.63, 3.8) is 0 Å². The summed E-state index contributed by atoms with van der Waals surface area (Å²) in [5.41, 5.74) is 0. The highest BCUT2D eigenvalue weighted by Crippen LogP contribution is 2.29. The zero-order chi connectivity index (χ0) is 14.7. The van der Waals surface area contributed by atoms with Gasteiger partial charge in [0.1, 0.15) is 5.75 Å². The van der Waals surface area contributed by atoms with Crippen LogP contribution in [-0.4, -0.2) is 42.6 Å². The van der Waals surface area contributed by atoms with E-state index in [-0.39, 0.29) is 18.3 Å². The molecule has 22 heavy (non-hydrogen) atoms. The molecule has 0 radical (unpaired) electrons. The fourth-order valence-electron chi connectivity index (χ4n) is 3.33. The maximum absolute atomic E-state index is 12.5. The number of ether oxygens (including phenoxy) is 1. The second-order valence-corrected chi connectivity index (χ2v) is 6.11. The van der Waals surface area contributed by atoms with Gasteiger partial charge in [0.2, 0.25) is 5.91 Å². The van der Waals surface area contributed by atoms with Gasteiger partial charge in [-0.15, -0.1) is 12.4 Å². The molecule has 3 rings (SSSR count). The first-order chi connectivity index (χ1) is 10.3. The molecule has 2 saturated heterocycles. The molecule has 0 saturated carbocycles. The van der Waals surface area contributed by atoms with Crippen molar-refractivity contribution >= 4 is 29.9 Å². The van der Waals surface area contributed by atoms with Crippen LogP contribution in [0.2, 0.25) is 5.02 Å². The van der Waals surface area contributed by atoms with Gasteiger partial charge >= 0.3 is 0 Å². The summed E-state index contributed by atoms with van der Waals surface area (Å²) in [5.74, 6) is 0.853. The molecule has 0 spiro atoms. The zero-order valence-electron chi connectivity index (χ0n) is 12.5. The fraction of sp³-hybridized carbons (Fsp3) is 0.562. The van der Waals surface area contributed by atoms with Crippen LogP contribution in [-0.2, 0) is 4.79 Å². The lowest BCUT2D eigenvalue weighted by atomic mass is 10.1. The van der Waals surface area contributed by atoms with Crippen LogP contribution in [0.5, 0.6) is 5.75 Å². The number of fused-ring (bicyclic) bond motifs is 2. The first kappa shape index (κ1) is 17.4. The van der Waals surface area contributed by atoms with E-state index in [4.69, 9.17) is 16.3 Å². The summed E-state index contributed by atoms with van der Waals surface area (Å²) in [6.45, 7) is 2.32. The SMILES string of the molecule is Cl.O=C(CCOc1ccccc1Cl)N1C2CCNCC1CC2. The molecule has 2 heterocycles. The van der Waals surface area contributed by atoms with E-state index < -0.39 is 0 Å². The Kier molecular flexibility index (Phi) is 6.36. The Hall–Kier alpha value is -0.970. The summed E-state index contributed by atoms with van der Waals surface area (Å²) >= 11 is 6.04. The van der Waals surface area contributed by atoms with Crippen LogP contribution >= 0.6 is 24.0 Å². The van der Waals surface area contributed by atoms with Crippen molar-refractivity contribution in [3.05, 3.63) is 29.3 Å². The molecule has 4 nitrogen and oxygen atoms in total. The van der Waals surface area contributed by atoms with Gasteiger partial charge in [-0.05, 0) is 37.9 Å². The van der Waals surface area contributed by atoms with Gasteiger partial charge in [0.25, 0.3) is 0 Å². The minimum Gasteiger partial charge on any atom is -0.491 e. The molecule has 2 unspecified atom stereocenters. The summed E-state index contributed by atoms with van der Waals surface area (Å²) in [6.07, 6.45) is 3.74. The van der Waals surface area contributed by atoms with E-state index >= 15 is 0 Å². The van der Waals surface area contributed by atoms with Crippen molar-refractivity contribution in [2.24, 2.45) is 0 Å². The third-order valence-electron chi connectivity index (χ3n) is 4.35. The Bertz CT molecular complexity index is 499. The molecule has 0 aliphatic carbocycles. The summed E-state index contributed by atoms with van der Waals surface area (Å²) in [4.78, 5) is 14.6. The largest absolute Gasteiger partial charge is 0.491 e. The van der Waals surface area contributed by atoms with Crippen LogP contribution in [0, 0.1) is 0 Å².